The van der Waals surface area contributed by atoms with Gasteiger partial charge in [0.05, 0.1) is 24.3 Å². The number of rotatable bonds is 6. The summed E-state index contributed by atoms with van der Waals surface area (Å²) < 4.78 is 17.1. The fraction of sp³-hybridized carbons (Fsp3) is 0.357. The van der Waals surface area contributed by atoms with Crippen molar-refractivity contribution < 1.29 is 23.8 Å². The average Bonchev–Trinajstić information content (AvgIpc) is 2.81. The second-order valence-electron chi connectivity index (χ2n) is 9.75. The van der Waals surface area contributed by atoms with Crippen LogP contribution in [0.4, 0.5) is 0 Å². The number of benzene rings is 2. The van der Waals surface area contributed by atoms with E-state index in [9.17, 15) is 9.59 Å². The Morgan fingerprint density at radius 3 is 2.43 bits per heavy atom. The zero-order chi connectivity index (χ0) is 25.3. The Kier molecular flexibility index (Phi) is 7.08. The van der Waals surface area contributed by atoms with Gasteiger partial charge in [0.1, 0.15) is 18.1 Å². The lowest BCUT2D eigenvalue weighted by Crippen LogP contribution is -2.38. The van der Waals surface area contributed by atoms with Crippen LogP contribution in [0.2, 0.25) is 0 Å². The third kappa shape index (κ3) is 5.15. The van der Waals surface area contributed by atoms with Crippen molar-refractivity contribution >= 4 is 27.7 Å². The largest absolute Gasteiger partial charge is 0.497 e. The predicted octanol–water partition coefficient (Wildman–Crippen LogP) is 5.81. The molecule has 4 rings (SSSR count). The molecule has 0 bridgehead atoms. The molecule has 2 aliphatic rings. The smallest absolute Gasteiger partial charge is 0.337 e. The lowest BCUT2D eigenvalue weighted by molar-refractivity contribution is -0.140. The minimum Gasteiger partial charge on any atom is -0.497 e. The van der Waals surface area contributed by atoms with Crippen LogP contribution >= 0.6 is 15.9 Å². The van der Waals surface area contributed by atoms with Gasteiger partial charge in [0.2, 0.25) is 0 Å². The van der Waals surface area contributed by atoms with E-state index < -0.39 is 11.9 Å². The number of carbonyl (C=O) groups is 2. The minimum absolute atomic E-state index is 0.0497. The zero-order valence-electron chi connectivity index (χ0n) is 20.7. The molecule has 0 amide bonds. The van der Waals surface area contributed by atoms with Crippen LogP contribution in [0.1, 0.15) is 50.7 Å². The fourth-order valence-electron chi connectivity index (χ4n) is 4.85. The molecule has 6 nitrogen and oxygen atoms in total. The number of esters is 1. The molecule has 1 N–H and O–H groups in total. The number of halogens is 1. The summed E-state index contributed by atoms with van der Waals surface area (Å²) >= 11 is 3.56. The second kappa shape index (κ2) is 9.90. The molecule has 0 saturated carbocycles. The summed E-state index contributed by atoms with van der Waals surface area (Å²) in [5.74, 6) is 0.483. The van der Waals surface area contributed by atoms with Crippen molar-refractivity contribution in [3.63, 3.8) is 0 Å². The van der Waals surface area contributed by atoms with Crippen molar-refractivity contribution in [1.82, 2.24) is 5.32 Å². The van der Waals surface area contributed by atoms with Crippen LogP contribution in [0.25, 0.3) is 0 Å². The van der Waals surface area contributed by atoms with Crippen molar-refractivity contribution in [2.24, 2.45) is 5.41 Å². The van der Waals surface area contributed by atoms with Crippen molar-refractivity contribution in [2.75, 3.05) is 14.2 Å². The summed E-state index contributed by atoms with van der Waals surface area (Å²) in [6, 6.07) is 13.0. The number of ketones is 1. The van der Waals surface area contributed by atoms with Gasteiger partial charge in [-0.05, 0) is 70.1 Å². The Balaban J connectivity index is 1.72. The molecule has 7 heteroatoms. The van der Waals surface area contributed by atoms with E-state index in [0.717, 1.165) is 33.5 Å². The Morgan fingerprint density at radius 1 is 1.09 bits per heavy atom. The van der Waals surface area contributed by atoms with E-state index in [1.54, 1.807) is 14.2 Å². The highest BCUT2D eigenvalue weighted by Gasteiger charge is 2.43. The summed E-state index contributed by atoms with van der Waals surface area (Å²) in [6.07, 6.45) is 1.15. The van der Waals surface area contributed by atoms with Crippen LogP contribution in [0.3, 0.4) is 0 Å². The third-order valence-electron chi connectivity index (χ3n) is 6.50. The SMILES string of the molecule is COc1ccc(COC(=O)C2=C(C)NC3=C(C(=O)CC(C)(C)C3)[C@@H]2c2ccc(OC)c(Br)c2)cc1. The molecule has 2 aromatic carbocycles. The van der Waals surface area contributed by atoms with Crippen LogP contribution < -0.4 is 14.8 Å². The first-order valence-corrected chi connectivity index (χ1v) is 12.3. The van der Waals surface area contributed by atoms with E-state index in [2.05, 4.69) is 35.1 Å². The van der Waals surface area contributed by atoms with E-state index in [0.29, 0.717) is 29.0 Å². The van der Waals surface area contributed by atoms with Gasteiger partial charge < -0.3 is 19.5 Å². The van der Waals surface area contributed by atoms with Crippen molar-refractivity contribution in [3.8, 4) is 11.5 Å². The number of allylic oxidation sites excluding steroid dienone is 3. The molecular formula is C28H30BrNO5. The lowest BCUT2D eigenvalue weighted by atomic mass is 9.68. The van der Waals surface area contributed by atoms with Crippen LogP contribution in [0.15, 0.2) is 69.5 Å². The van der Waals surface area contributed by atoms with Crippen LogP contribution in [-0.2, 0) is 20.9 Å². The molecule has 0 spiro atoms. The van der Waals surface area contributed by atoms with Gasteiger partial charge in [-0.3, -0.25) is 4.79 Å². The fourth-order valence-corrected chi connectivity index (χ4v) is 5.41. The first-order valence-electron chi connectivity index (χ1n) is 11.5. The minimum atomic E-state index is -0.527. The molecule has 2 aromatic rings. The second-order valence-corrected chi connectivity index (χ2v) is 10.6. The highest BCUT2D eigenvalue weighted by Crippen LogP contribution is 2.47. The maximum Gasteiger partial charge on any atom is 0.337 e. The Bertz CT molecular complexity index is 1230. The highest BCUT2D eigenvalue weighted by molar-refractivity contribution is 9.10. The molecule has 0 fully saturated rings. The predicted molar refractivity (Wildman–Crippen MR) is 137 cm³/mol. The van der Waals surface area contributed by atoms with Gasteiger partial charge in [-0.15, -0.1) is 0 Å². The van der Waals surface area contributed by atoms with E-state index in [4.69, 9.17) is 14.2 Å². The number of nitrogens with one attached hydrogen (secondary N) is 1. The molecule has 0 saturated heterocycles. The van der Waals surface area contributed by atoms with Gasteiger partial charge in [-0.25, -0.2) is 4.79 Å². The summed E-state index contributed by atoms with van der Waals surface area (Å²) in [7, 11) is 3.21. The Hall–Kier alpha value is -3.06. The quantitative estimate of drug-likeness (QED) is 0.466. The zero-order valence-corrected chi connectivity index (χ0v) is 22.2. The first-order chi connectivity index (χ1) is 16.6. The van der Waals surface area contributed by atoms with Crippen LogP contribution in [0.5, 0.6) is 11.5 Å². The van der Waals surface area contributed by atoms with Gasteiger partial charge in [0, 0.05) is 29.3 Å². The first kappa shape index (κ1) is 25.0. The van der Waals surface area contributed by atoms with E-state index in [1.807, 2.05) is 49.4 Å². The van der Waals surface area contributed by atoms with Crippen molar-refractivity contribution in [2.45, 2.75) is 46.1 Å². The van der Waals surface area contributed by atoms with Crippen molar-refractivity contribution in [3.05, 3.63) is 80.6 Å². The molecule has 1 aliphatic carbocycles. The van der Waals surface area contributed by atoms with Gasteiger partial charge in [0.25, 0.3) is 0 Å². The maximum absolute atomic E-state index is 13.5. The van der Waals surface area contributed by atoms with E-state index in [-0.39, 0.29) is 17.8 Å². The van der Waals surface area contributed by atoms with Gasteiger partial charge >= 0.3 is 5.97 Å². The number of hydrogen-bond acceptors (Lipinski definition) is 6. The molecule has 1 aliphatic heterocycles. The van der Waals surface area contributed by atoms with Gasteiger partial charge in [0.15, 0.2) is 5.78 Å². The normalized spacial score (nSPS) is 19.1. The Labute approximate surface area is 214 Å². The molecular weight excluding hydrogens is 510 g/mol. The molecule has 0 unspecified atom stereocenters. The number of carbonyl (C=O) groups excluding carboxylic acids is 2. The molecule has 0 aromatic heterocycles. The van der Waals surface area contributed by atoms with Gasteiger partial charge in [-0.1, -0.05) is 32.0 Å². The number of Topliss-reactive ketones (excluding diaryl/α,β-unsaturated/α-hetero) is 1. The van der Waals surface area contributed by atoms with Crippen LogP contribution in [-0.4, -0.2) is 26.0 Å². The topological polar surface area (TPSA) is 73.9 Å². The molecule has 35 heavy (non-hydrogen) atoms. The molecule has 0 radical (unpaired) electrons. The highest BCUT2D eigenvalue weighted by atomic mass is 79.9. The van der Waals surface area contributed by atoms with Gasteiger partial charge in [-0.2, -0.15) is 0 Å². The standard InChI is InChI=1S/C28H30BrNO5/c1-16-24(27(32)35-15-17-6-9-19(33-4)10-7-17)25(18-8-11-23(34-5)20(29)12-18)26-21(30-16)13-28(2,3)14-22(26)31/h6-12,25,30H,13-15H2,1-5H3/t25-/m1/s1. The number of hydrogen-bond donors (Lipinski definition) is 1. The number of dihydropyridines is 1. The Morgan fingerprint density at radius 2 is 1.80 bits per heavy atom. The summed E-state index contributed by atoms with van der Waals surface area (Å²) in [4.78, 5) is 26.9. The molecule has 184 valence electrons. The average molecular weight is 540 g/mol. The maximum atomic E-state index is 13.5. The van der Waals surface area contributed by atoms with E-state index >= 15 is 0 Å². The number of ether oxygens (including phenoxy) is 3. The summed E-state index contributed by atoms with van der Waals surface area (Å²) in [5, 5.41) is 3.37. The summed E-state index contributed by atoms with van der Waals surface area (Å²) in [5.41, 5.74) is 4.19. The van der Waals surface area contributed by atoms with E-state index in [1.165, 1.54) is 0 Å². The monoisotopic (exact) mass is 539 g/mol. The number of methoxy groups -OCH3 is 2. The molecule has 1 heterocycles. The lowest BCUT2D eigenvalue weighted by Gasteiger charge is -2.39. The van der Waals surface area contributed by atoms with Crippen LogP contribution in [0, 0.1) is 5.41 Å². The van der Waals surface area contributed by atoms with Crippen molar-refractivity contribution in [1.29, 1.82) is 0 Å². The molecule has 1 atom stereocenters. The summed E-state index contributed by atoms with van der Waals surface area (Å²) in [6.45, 7) is 6.16. The third-order valence-corrected chi connectivity index (χ3v) is 7.12.